The van der Waals surface area contributed by atoms with Crippen molar-refractivity contribution in [1.29, 1.82) is 0 Å². The van der Waals surface area contributed by atoms with Gasteiger partial charge in [-0.1, -0.05) is 0 Å². The summed E-state index contributed by atoms with van der Waals surface area (Å²) in [6.45, 7) is 3.73. The number of aliphatic carboxylic acids is 1. The van der Waals surface area contributed by atoms with E-state index in [1.54, 1.807) is 13.8 Å². The van der Waals surface area contributed by atoms with Crippen molar-refractivity contribution in [1.82, 2.24) is 9.36 Å². The Labute approximate surface area is 98.1 Å². The molecule has 1 aromatic rings. The van der Waals surface area contributed by atoms with Gasteiger partial charge >= 0.3 is 5.97 Å². The van der Waals surface area contributed by atoms with Crippen molar-refractivity contribution in [3.05, 3.63) is 5.82 Å². The van der Waals surface area contributed by atoms with Gasteiger partial charge in [0.25, 0.3) is 0 Å². The van der Waals surface area contributed by atoms with Crippen molar-refractivity contribution in [2.45, 2.75) is 32.6 Å². The molecule has 0 bridgehead atoms. The second kappa shape index (κ2) is 4.01. The van der Waals surface area contributed by atoms with Crippen molar-refractivity contribution in [3.63, 3.8) is 0 Å². The molecule has 0 unspecified atom stereocenters. The fourth-order valence-corrected chi connectivity index (χ4v) is 1.83. The molecule has 2 N–H and O–H groups in total. The summed E-state index contributed by atoms with van der Waals surface area (Å²) in [7, 11) is 0. The molecule has 1 aromatic heterocycles. The Morgan fingerprint density at radius 1 is 1.62 bits per heavy atom. The second-order valence-corrected chi connectivity index (χ2v) is 5.53. The lowest BCUT2D eigenvalue weighted by molar-refractivity contribution is -0.146. The van der Waals surface area contributed by atoms with E-state index >= 15 is 0 Å². The van der Waals surface area contributed by atoms with E-state index in [2.05, 4.69) is 14.7 Å². The first-order chi connectivity index (χ1) is 7.49. The number of nitrogens with one attached hydrogen (secondary N) is 1. The van der Waals surface area contributed by atoms with Crippen LogP contribution in [0.1, 0.15) is 38.4 Å². The summed E-state index contributed by atoms with van der Waals surface area (Å²) in [5.41, 5.74) is -0.786. The van der Waals surface area contributed by atoms with Crippen molar-refractivity contribution in [2.75, 3.05) is 11.9 Å². The lowest BCUT2D eigenvalue weighted by Crippen LogP contribution is -2.31. The Balaban J connectivity index is 1.91. The number of nitrogens with zero attached hydrogens (tertiary/aromatic N) is 2. The Morgan fingerprint density at radius 3 is 2.88 bits per heavy atom. The van der Waals surface area contributed by atoms with Crippen molar-refractivity contribution < 1.29 is 9.90 Å². The molecule has 1 aliphatic rings. The molecule has 0 spiro atoms. The van der Waals surface area contributed by atoms with Gasteiger partial charge in [0.2, 0.25) is 5.13 Å². The molecule has 0 aliphatic heterocycles. The van der Waals surface area contributed by atoms with E-state index in [1.165, 1.54) is 24.4 Å². The Morgan fingerprint density at radius 2 is 2.31 bits per heavy atom. The van der Waals surface area contributed by atoms with E-state index in [0.29, 0.717) is 12.5 Å². The Bertz CT molecular complexity index is 399. The zero-order valence-electron chi connectivity index (χ0n) is 9.36. The van der Waals surface area contributed by atoms with E-state index in [1.807, 2.05) is 0 Å². The van der Waals surface area contributed by atoms with Gasteiger partial charge in [0, 0.05) is 24.0 Å². The summed E-state index contributed by atoms with van der Waals surface area (Å²) < 4.78 is 4.24. The molecule has 6 heteroatoms. The average molecular weight is 241 g/mol. The number of hydrogen-bond donors (Lipinski definition) is 2. The lowest BCUT2D eigenvalue weighted by atomic mass is 9.94. The highest BCUT2D eigenvalue weighted by molar-refractivity contribution is 7.09. The summed E-state index contributed by atoms with van der Waals surface area (Å²) in [5.74, 6) is 0.631. The maximum Gasteiger partial charge on any atom is 0.310 e. The van der Waals surface area contributed by atoms with Gasteiger partial charge < -0.3 is 10.4 Å². The SMILES string of the molecule is CC(C)(CNc1nc(C2CC2)ns1)C(=O)O. The average Bonchev–Trinajstić information content (AvgIpc) is 2.95. The van der Waals surface area contributed by atoms with Gasteiger partial charge in [0.15, 0.2) is 0 Å². The fraction of sp³-hybridized carbons (Fsp3) is 0.700. The van der Waals surface area contributed by atoms with Gasteiger partial charge in [-0.3, -0.25) is 4.79 Å². The molecule has 16 heavy (non-hydrogen) atoms. The first-order valence-corrected chi connectivity index (χ1v) is 6.07. The van der Waals surface area contributed by atoms with Crippen LogP contribution in [0.5, 0.6) is 0 Å². The summed E-state index contributed by atoms with van der Waals surface area (Å²) >= 11 is 1.31. The number of hydrogen-bond acceptors (Lipinski definition) is 5. The molecular formula is C10H15N3O2S. The maximum absolute atomic E-state index is 10.9. The van der Waals surface area contributed by atoms with Crippen LogP contribution in [-0.2, 0) is 4.79 Å². The quantitative estimate of drug-likeness (QED) is 0.824. The third kappa shape index (κ3) is 2.49. The molecule has 88 valence electrons. The predicted octanol–water partition coefficient (Wildman–Crippen LogP) is 1.94. The number of carbonyl (C=O) groups is 1. The normalized spacial score (nSPS) is 16.1. The standard InChI is InChI=1S/C10H15N3O2S/c1-10(2,8(14)15)5-11-9-12-7(13-16-9)6-3-4-6/h6H,3-5H2,1-2H3,(H,14,15)(H,11,12,13). The topological polar surface area (TPSA) is 75.1 Å². The molecule has 0 saturated heterocycles. The molecule has 0 amide bonds. The highest BCUT2D eigenvalue weighted by atomic mass is 32.1. The predicted molar refractivity (Wildman–Crippen MR) is 61.8 cm³/mol. The smallest absolute Gasteiger partial charge is 0.310 e. The first-order valence-electron chi connectivity index (χ1n) is 5.30. The van der Waals surface area contributed by atoms with E-state index in [4.69, 9.17) is 5.11 Å². The molecule has 0 atom stereocenters. The maximum atomic E-state index is 10.9. The summed E-state index contributed by atoms with van der Waals surface area (Å²) in [6, 6.07) is 0. The van der Waals surface area contributed by atoms with Gasteiger partial charge in [-0.05, 0) is 26.7 Å². The number of aromatic nitrogens is 2. The van der Waals surface area contributed by atoms with Gasteiger partial charge in [-0.25, -0.2) is 4.98 Å². The van der Waals surface area contributed by atoms with Crippen LogP contribution >= 0.6 is 11.5 Å². The highest BCUT2D eigenvalue weighted by Gasteiger charge is 2.29. The molecule has 1 fully saturated rings. The lowest BCUT2D eigenvalue weighted by Gasteiger charge is -2.18. The minimum atomic E-state index is -0.813. The molecule has 0 radical (unpaired) electrons. The van der Waals surface area contributed by atoms with E-state index in [0.717, 1.165) is 11.0 Å². The van der Waals surface area contributed by atoms with Gasteiger partial charge in [-0.15, -0.1) is 0 Å². The summed E-state index contributed by atoms with van der Waals surface area (Å²) in [5, 5.41) is 12.7. The zero-order valence-corrected chi connectivity index (χ0v) is 10.2. The molecular weight excluding hydrogens is 226 g/mol. The van der Waals surface area contributed by atoms with Crippen LogP contribution in [0.3, 0.4) is 0 Å². The second-order valence-electron chi connectivity index (χ2n) is 4.77. The van der Waals surface area contributed by atoms with Crippen LogP contribution in [0, 0.1) is 5.41 Å². The van der Waals surface area contributed by atoms with Crippen molar-refractivity contribution in [2.24, 2.45) is 5.41 Å². The number of carboxylic acid groups (broad SMARTS) is 1. The number of carboxylic acids is 1. The van der Waals surface area contributed by atoms with Gasteiger partial charge in [0.1, 0.15) is 5.82 Å². The molecule has 0 aromatic carbocycles. The van der Waals surface area contributed by atoms with Crippen molar-refractivity contribution >= 4 is 22.6 Å². The van der Waals surface area contributed by atoms with Crippen LogP contribution in [0.4, 0.5) is 5.13 Å². The van der Waals surface area contributed by atoms with Crippen LogP contribution in [-0.4, -0.2) is 27.0 Å². The van der Waals surface area contributed by atoms with Crippen molar-refractivity contribution in [3.8, 4) is 0 Å². The summed E-state index contributed by atoms with van der Waals surface area (Å²) in [6.07, 6.45) is 2.35. The molecule has 1 saturated carbocycles. The number of rotatable bonds is 5. The first kappa shape index (κ1) is 11.3. The van der Waals surface area contributed by atoms with E-state index in [9.17, 15) is 4.79 Å². The summed E-state index contributed by atoms with van der Waals surface area (Å²) in [4.78, 5) is 15.2. The largest absolute Gasteiger partial charge is 0.481 e. The van der Waals surface area contributed by atoms with Crippen LogP contribution in [0.15, 0.2) is 0 Å². The fourth-order valence-electron chi connectivity index (χ4n) is 1.19. The van der Waals surface area contributed by atoms with Crippen LogP contribution < -0.4 is 5.32 Å². The Hall–Kier alpha value is -1.17. The molecule has 1 aliphatic carbocycles. The number of anilines is 1. The van der Waals surface area contributed by atoms with Gasteiger partial charge in [0.05, 0.1) is 5.41 Å². The molecule has 1 heterocycles. The monoisotopic (exact) mass is 241 g/mol. The van der Waals surface area contributed by atoms with Gasteiger partial charge in [-0.2, -0.15) is 4.37 Å². The molecule has 5 nitrogen and oxygen atoms in total. The van der Waals surface area contributed by atoms with Crippen LogP contribution in [0.25, 0.3) is 0 Å². The third-order valence-corrected chi connectivity index (χ3v) is 3.33. The third-order valence-electron chi connectivity index (χ3n) is 2.64. The van der Waals surface area contributed by atoms with Crippen LogP contribution in [0.2, 0.25) is 0 Å². The molecule has 2 rings (SSSR count). The Kier molecular flexibility index (Phi) is 2.84. The highest BCUT2D eigenvalue weighted by Crippen LogP contribution is 2.39. The zero-order chi connectivity index (χ0) is 11.8. The van der Waals surface area contributed by atoms with E-state index < -0.39 is 11.4 Å². The van der Waals surface area contributed by atoms with E-state index in [-0.39, 0.29) is 0 Å². The minimum Gasteiger partial charge on any atom is -0.481 e. The minimum absolute atomic E-state index is 0.363.